The number of carbonyl (C=O) groups is 1. The molecular weight excluding hydrogens is 166 g/mol. The molecule has 0 fully saturated rings. The van der Waals surface area contributed by atoms with Gasteiger partial charge in [0.2, 0.25) is 5.91 Å². The van der Waals surface area contributed by atoms with E-state index in [0.29, 0.717) is 6.54 Å². The first kappa shape index (κ1) is 12.4. The van der Waals surface area contributed by atoms with Crippen molar-refractivity contribution in [3.05, 3.63) is 0 Å². The third-order valence-corrected chi connectivity index (χ3v) is 1.56. The molecule has 4 nitrogen and oxygen atoms in total. The molecule has 0 spiro atoms. The van der Waals surface area contributed by atoms with Gasteiger partial charge in [0.05, 0.1) is 6.54 Å². The van der Waals surface area contributed by atoms with Crippen LogP contribution in [0.15, 0.2) is 0 Å². The maximum absolute atomic E-state index is 11.1. The van der Waals surface area contributed by atoms with Gasteiger partial charge in [-0.15, -0.1) is 0 Å². The molecule has 0 radical (unpaired) electrons. The molecule has 0 saturated heterocycles. The lowest BCUT2D eigenvalue weighted by Gasteiger charge is -2.11. The SMILES string of the molecule is CN(C)CCCNC(=O)CN(C)C. The van der Waals surface area contributed by atoms with Crippen molar-refractivity contribution in [2.45, 2.75) is 6.42 Å². The fourth-order valence-corrected chi connectivity index (χ4v) is 0.966. The topological polar surface area (TPSA) is 35.6 Å². The Kier molecular flexibility index (Phi) is 6.54. The molecule has 78 valence electrons. The van der Waals surface area contributed by atoms with Gasteiger partial charge in [-0.05, 0) is 41.2 Å². The number of nitrogens with one attached hydrogen (secondary N) is 1. The molecule has 0 aliphatic rings. The van der Waals surface area contributed by atoms with Crippen LogP contribution in [-0.2, 0) is 4.79 Å². The summed E-state index contributed by atoms with van der Waals surface area (Å²) in [5.74, 6) is 0.101. The molecule has 0 bridgehead atoms. The van der Waals surface area contributed by atoms with E-state index in [0.717, 1.165) is 19.5 Å². The lowest BCUT2D eigenvalue weighted by atomic mass is 10.4. The van der Waals surface area contributed by atoms with Crippen molar-refractivity contribution < 1.29 is 4.79 Å². The van der Waals surface area contributed by atoms with Crippen molar-refractivity contribution in [2.24, 2.45) is 0 Å². The normalized spacial score (nSPS) is 10.9. The van der Waals surface area contributed by atoms with E-state index in [1.807, 2.05) is 33.1 Å². The second kappa shape index (κ2) is 6.86. The smallest absolute Gasteiger partial charge is 0.234 e. The molecule has 0 atom stereocenters. The molecular formula is C9H21N3O. The molecule has 1 amide bonds. The van der Waals surface area contributed by atoms with E-state index in [-0.39, 0.29) is 5.91 Å². The van der Waals surface area contributed by atoms with Crippen molar-refractivity contribution >= 4 is 5.91 Å². The third-order valence-electron chi connectivity index (χ3n) is 1.56. The molecule has 0 aromatic heterocycles. The molecule has 1 N–H and O–H groups in total. The molecule has 0 saturated carbocycles. The standard InChI is InChI=1S/C9H21N3O/c1-11(2)7-5-6-10-9(13)8-12(3)4/h5-8H2,1-4H3,(H,10,13). The molecule has 13 heavy (non-hydrogen) atoms. The van der Waals surface area contributed by atoms with E-state index in [4.69, 9.17) is 0 Å². The summed E-state index contributed by atoms with van der Waals surface area (Å²) in [6.07, 6.45) is 1.01. The Hall–Kier alpha value is -0.610. The number of likely N-dealkylation sites (N-methyl/N-ethyl adjacent to an activating group) is 1. The zero-order valence-corrected chi connectivity index (χ0v) is 9.13. The van der Waals surface area contributed by atoms with Crippen LogP contribution < -0.4 is 5.32 Å². The molecule has 0 aromatic carbocycles. The summed E-state index contributed by atoms with van der Waals surface area (Å²) >= 11 is 0. The van der Waals surface area contributed by atoms with Crippen LogP contribution in [0.2, 0.25) is 0 Å². The second-order valence-corrected chi connectivity index (χ2v) is 3.74. The van der Waals surface area contributed by atoms with Crippen LogP contribution in [0.4, 0.5) is 0 Å². The van der Waals surface area contributed by atoms with Gasteiger partial charge in [0.15, 0.2) is 0 Å². The first-order valence-electron chi connectivity index (χ1n) is 4.58. The lowest BCUT2D eigenvalue weighted by molar-refractivity contribution is -0.121. The van der Waals surface area contributed by atoms with Gasteiger partial charge in [-0.1, -0.05) is 0 Å². The van der Waals surface area contributed by atoms with Gasteiger partial charge in [-0.3, -0.25) is 4.79 Å². The minimum Gasteiger partial charge on any atom is -0.355 e. The van der Waals surface area contributed by atoms with Crippen LogP contribution in [0, 0.1) is 0 Å². The monoisotopic (exact) mass is 187 g/mol. The zero-order valence-electron chi connectivity index (χ0n) is 9.13. The van der Waals surface area contributed by atoms with Crippen LogP contribution in [0.25, 0.3) is 0 Å². The summed E-state index contributed by atoms with van der Waals surface area (Å²) in [5, 5.41) is 2.86. The first-order chi connectivity index (χ1) is 6.02. The predicted octanol–water partition coefficient (Wildman–Crippen LogP) is -0.384. The maximum Gasteiger partial charge on any atom is 0.234 e. The Morgan fingerprint density at radius 3 is 2.23 bits per heavy atom. The van der Waals surface area contributed by atoms with Gasteiger partial charge in [0, 0.05) is 6.54 Å². The van der Waals surface area contributed by atoms with Crippen molar-refractivity contribution in [3.63, 3.8) is 0 Å². The van der Waals surface area contributed by atoms with Gasteiger partial charge in [-0.25, -0.2) is 0 Å². The highest BCUT2D eigenvalue weighted by Crippen LogP contribution is 1.81. The largest absolute Gasteiger partial charge is 0.355 e. The molecule has 0 unspecified atom stereocenters. The van der Waals surface area contributed by atoms with Crippen molar-refractivity contribution in [3.8, 4) is 0 Å². The highest BCUT2D eigenvalue weighted by molar-refractivity contribution is 5.77. The van der Waals surface area contributed by atoms with Crippen LogP contribution >= 0.6 is 0 Å². The summed E-state index contributed by atoms with van der Waals surface area (Å²) < 4.78 is 0. The lowest BCUT2D eigenvalue weighted by Crippen LogP contribution is -2.34. The minimum absolute atomic E-state index is 0.101. The Bertz CT molecular complexity index is 146. The summed E-state index contributed by atoms with van der Waals surface area (Å²) in [5.41, 5.74) is 0. The van der Waals surface area contributed by atoms with Crippen LogP contribution in [0.3, 0.4) is 0 Å². The Morgan fingerprint density at radius 2 is 1.77 bits per heavy atom. The third kappa shape index (κ3) is 9.30. The Morgan fingerprint density at radius 1 is 1.15 bits per heavy atom. The number of hydrogen-bond acceptors (Lipinski definition) is 3. The van der Waals surface area contributed by atoms with E-state index in [1.54, 1.807) is 0 Å². The molecule has 0 aliphatic carbocycles. The average Bonchev–Trinajstić information content (AvgIpc) is 1.96. The van der Waals surface area contributed by atoms with E-state index in [2.05, 4.69) is 10.2 Å². The second-order valence-electron chi connectivity index (χ2n) is 3.74. The molecule has 0 aromatic rings. The zero-order chi connectivity index (χ0) is 10.3. The minimum atomic E-state index is 0.101. The number of nitrogens with zero attached hydrogens (tertiary/aromatic N) is 2. The number of carbonyl (C=O) groups excluding carboxylic acids is 1. The van der Waals surface area contributed by atoms with Gasteiger partial charge >= 0.3 is 0 Å². The number of hydrogen-bond donors (Lipinski definition) is 1. The van der Waals surface area contributed by atoms with E-state index < -0.39 is 0 Å². The van der Waals surface area contributed by atoms with Crippen molar-refractivity contribution in [1.29, 1.82) is 0 Å². The van der Waals surface area contributed by atoms with Gasteiger partial charge < -0.3 is 15.1 Å². The van der Waals surface area contributed by atoms with Crippen molar-refractivity contribution in [2.75, 3.05) is 47.8 Å². The summed E-state index contributed by atoms with van der Waals surface area (Å²) in [6.45, 7) is 2.26. The predicted molar refractivity (Wildman–Crippen MR) is 54.7 cm³/mol. The molecule has 0 heterocycles. The van der Waals surface area contributed by atoms with Gasteiger partial charge in [0.1, 0.15) is 0 Å². The molecule has 0 aliphatic heterocycles. The first-order valence-corrected chi connectivity index (χ1v) is 4.58. The van der Waals surface area contributed by atoms with Crippen LogP contribution in [-0.4, -0.2) is 63.5 Å². The van der Waals surface area contributed by atoms with Crippen LogP contribution in [0.1, 0.15) is 6.42 Å². The summed E-state index contributed by atoms with van der Waals surface area (Å²) in [7, 11) is 7.84. The van der Waals surface area contributed by atoms with Crippen LogP contribution in [0.5, 0.6) is 0 Å². The highest BCUT2D eigenvalue weighted by Gasteiger charge is 2.00. The highest BCUT2D eigenvalue weighted by atomic mass is 16.1. The molecule has 0 rings (SSSR count). The van der Waals surface area contributed by atoms with E-state index in [1.165, 1.54) is 0 Å². The van der Waals surface area contributed by atoms with Gasteiger partial charge in [0.25, 0.3) is 0 Å². The van der Waals surface area contributed by atoms with E-state index in [9.17, 15) is 4.79 Å². The fraction of sp³-hybridized carbons (Fsp3) is 0.889. The van der Waals surface area contributed by atoms with Gasteiger partial charge in [-0.2, -0.15) is 0 Å². The summed E-state index contributed by atoms with van der Waals surface area (Å²) in [4.78, 5) is 15.1. The fourth-order valence-electron chi connectivity index (χ4n) is 0.966. The Balaban J connectivity index is 3.27. The quantitative estimate of drug-likeness (QED) is 0.576. The number of amides is 1. The number of rotatable bonds is 6. The summed E-state index contributed by atoms with van der Waals surface area (Å²) in [6, 6.07) is 0. The average molecular weight is 187 g/mol. The maximum atomic E-state index is 11.1. The van der Waals surface area contributed by atoms with E-state index >= 15 is 0 Å². The molecule has 4 heteroatoms. The Labute approximate surface area is 80.9 Å². The van der Waals surface area contributed by atoms with Crippen molar-refractivity contribution in [1.82, 2.24) is 15.1 Å².